The number of benzene rings is 1. The number of hydrogen-bond acceptors (Lipinski definition) is 8. The van der Waals surface area contributed by atoms with Crippen LogP contribution in [0.5, 0.6) is 0 Å². The van der Waals surface area contributed by atoms with Crippen molar-refractivity contribution in [2.24, 2.45) is 0 Å². The van der Waals surface area contributed by atoms with Crippen molar-refractivity contribution in [3.8, 4) is 0 Å². The Morgan fingerprint density at radius 3 is 2.64 bits per heavy atom. The van der Waals surface area contributed by atoms with Gasteiger partial charge in [-0.15, -0.1) is 10.2 Å². The number of sulfonamides is 1. The summed E-state index contributed by atoms with van der Waals surface area (Å²) in [5, 5.41) is 12.6. The van der Waals surface area contributed by atoms with Crippen molar-refractivity contribution >= 4 is 44.3 Å². The van der Waals surface area contributed by atoms with Crippen molar-refractivity contribution in [3.63, 3.8) is 0 Å². The number of amides is 3. The monoisotopic (exact) mass is 426 g/mol. The van der Waals surface area contributed by atoms with Gasteiger partial charge in [0.1, 0.15) is 0 Å². The van der Waals surface area contributed by atoms with E-state index in [0.29, 0.717) is 17.0 Å². The summed E-state index contributed by atoms with van der Waals surface area (Å²) in [6.07, 6.45) is -0.777. The maximum atomic E-state index is 12.3. The summed E-state index contributed by atoms with van der Waals surface area (Å²) in [7, 11) is -1.08. The number of anilines is 2. The van der Waals surface area contributed by atoms with Gasteiger partial charge in [0.25, 0.3) is 10.0 Å². The summed E-state index contributed by atoms with van der Waals surface area (Å²) in [4.78, 5) is 25.7. The normalized spacial score (nSPS) is 19.6. The van der Waals surface area contributed by atoms with Gasteiger partial charge in [0, 0.05) is 19.8 Å². The number of nitrogens with zero attached hydrogens (tertiary/aromatic N) is 4. The SMILES string of the molecule is CN(C)S(=O)(=O)c1nnc(N2C(=O)NCC2(C)OC(=O)Nc2ccccc2)s1. The molecule has 150 valence electrons. The molecule has 1 aliphatic heterocycles. The molecule has 0 saturated carbocycles. The summed E-state index contributed by atoms with van der Waals surface area (Å²) in [5.41, 5.74) is -0.899. The quantitative estimate of drug-likeness (QED) is 0.688. The molecule has 1 unspecified atom stereocenters. The number of ether oxygens (including phenoxy) is 1. The molecule has 2 aromatic rings. The second kappa shape index (κ2) is 7.33. The summed E-state index contributed by atoms with van der Waals surface area (Å²) in [6, 6.07) is 8.08. The third kappa shape index (κ3) is 3.76. The van der Waals surface area contributed by atoms with E-state index in [0.717, 1.165) is 9.21 Å². The van der Waals surface area contributed by atoms with Crippen LogP contribution in [0.25, 0.3) is 0 Å². The van der Waals surface area contributed by atoms with E-state index in [1.54, 1.807) is 30.3 Å². The van der Waals surface area contributed by atoms with Crippen LogP contribution in [-0.4, -0.2) is 61.4 Å². The molecule has 0 aliphatic carbocycles. The Balaban J connectivity index is 1.83. The van der Waals surface area contributed by atoms with Crippen LogP contribution >= 0.6 is 11.3 Å². The number of carbonyl (C=O) groups is 2. The highest BCUT2D eigenvalue weighted by Gasteiger charge is 2.48. The van der Waals surface area contributed by atoms with Gasteiger partial charge in [0.15, 0.2) is 0 Å². The lowest BCUT2D eigenvalue weighted by Gasteiger charge is -2.30. The van der Waals surface area contributed by atoms with Crippen LogP contribution in [0.15, 0.2) is 34.7 Å². The number of nitrogens with one attached hydrogen (secondary N) is 2. The lowest BCUT2D eigenvalue weighted by Crippen LogP contribution is -2.49. The maximum Gasteiger partial charge on any atom is 0.413 e. The number of aromatic nitrogens is 2. The van der Waals surface area contributed by atoms with Crippen LogP contribution in [0.1, 0.15) is 6.92 Å². The first-order valence-electron chi connectivity index (χ1n) is 8.03. The molecule has 3 rings (SSSR count). The lowest BCUT2D eigenvalue weighted by atomic mass is 10.2. The second-order valence-electron chi connectivity index (χ2n) is 6.19. The molecule has 1 aliphatic rings. The van der Waals surface area contributed by atoms with Gasteiger partial charge in [-0.3, -0.25) is 5.32 Å². The van der Waals surface area contributed by atoms with Crippen LogP contribution in [0, 0.1) is 0 Å². The van der Waals surface area contributed by atoms with E-state index in [-0.39, 0.29) is 16.0 Å². The number of hydrogen-bond donors (Lipinski definition) is 2. The molecule has 13 heteroatoms. The summed E-state index contributed by atoms with van der Waals surface area (Å²) in [5.74, 6) is 0. The molecule has 1 saturated heterocycles. The minimum atomic E-state index is -3.80. The third-order valence-corrected chi connectivity index (χ3v) is 6.93. The largest absolute Gasteiger partial charge is 0.420 e. The minimum absolute atomic E-state index is 0.00886. The zero-order chi connectivity index (χ0) is 20.5. The van der Waals surface area contributed by atoms with Crippen LogP contribution < -0.4 is 15.5 Å². The van der Waals surface area contributed by atoms with E-state index in [9.17, 15) is 18.0 Å². The molecule has 3 amide bonds. The van der Waals surface area contributed by atoms with Gasteiger partial charge in [0.2, 0.25) is 15.2 Å². The topological polar surface area (TPSA) is 134 Å². The average molecular weight is 426 g/mol. The molecule has 0 radical (unpaired) electrons. The molecule has 0 bridgehead atoms. The summed E-state index contributed by atoms with van der Waals surface area (Å²) in [6.45, 7) is 1.50. The standard InChI is InChI=1S/C15H18N6O5S2/c1-15(26-13(23)17-10-7-5-4-6-8-10)9-16-11(22)21(15)12-18-19-14(27-12)28(24,25)20(2)3/h4-8H,9H2,1-3H3,(H,16,22)(H,17,23). The van der Waals surface area contributed by atoms with E-state index >= 15 is 0 Å². The van der Waals surface area contributed by atoms with Gasteiger partial charge >= 0.3 is 12.1 Å². The zero-order valence-electron chi connectivity index (χ0n) is 15.2. The fraction of sp³-hybridized carbons (Fsp3) is 0.333. The van der Waals surface area contributed by atoms with Crippen molar-refractivity contribution in [1.29, 1.82) is 0 Å². The van der Waals surface area contributed by atoms with E-state index < -0.39 is 27.9 Å². The van der Waals surface area contributed by atoms with Gasteiger partial charge in [-0.05, 0) is 19.1 Å². The molecule has 2 N–H and O–H groups in total. The van der Waals surface area contributed by atoms with E-state index in [1.165, 1.54) is 21.0 Å². The van der Waals surface area contributed by atoms with Crippen molar-refractivity contribution in [3.05, 3.63) is 30.3 Å². The van der Waals surface area contributed by atoms with Crippen LogP contribution in [0.2, 0.25) is 0 Å². The Hall–Kier alpha value is -2.77. The minimum Gasteiger partial charge on any atom is -0.420 e. The molecular weight excluding hydrogens is 408 g/mol. The first-order valence-corrected chi connectivity index (χ1v) is 10.3. The molecule has 2 heterocycles. The predicted octanol–water partition coefficient (Wildman–Crippen LogP) is 1.28. The van der Waals surface area contributed by atoms with Crippen molar-refractivity contribution in [2.75, 3.05) is 30.9 Å². The Morgan fingerprint density at radius 1 is 1.32 bits per heavy atom. The smallest absolute Gasteiger partial charge is 0.413 e. The number of rotatable bonds is 5. The van der Waals surface area contributed by atoms with E-state index in [4.69, 9.17) is 4.74 Å². The molecule has 1 aromatic carbocycles. The molecule has 1 aromatic heterocycles. The van der Waals surface area contributed by atoms with Gasteiger partial charge in [0.05, 0.1) is 6.54 Å². The van der Waals surface area contributed by atoms with Crippen LogP contribution in [-0.2, 0) is 14.8 Å². The number of urea groups is 1. The highest BCUT2D eigenvalue weighted by Crippen LogP contribution is 2.33. The first kappa shape index (κ1) is 20.0. The van der Waals surface area contributed by atoms with Gasteiger partial charge in [-0.25, -0.2) is 27.2 Å². The molecule has 1 atom stereocenters. The van der Waals surface area contributed by atoms with Gasteiger partial charge < -0.3 is 10.1 Å². The number of para-hydroxylation sites is 1. The van der Waals surface area contributed by atoms with Gasteiger partial charge in [-0.1, -0.05) is 29.5 Å². The molecule has 1 fully saturated rings. The van der Waals surface area contributed by atoms with Crippen LogP contribution in [0.4, 0.5) is 20.4 Å². The zero-order valence-corrected chi connectivity index (χ0v) is 16.9. The van der Waals surface area contributed by atoms with Crippen molar-refractivity contribution < 1.29 is 22.7 Å². The van der Waals surface area contributed by atoms with E-state index in [1.807, 2.05) is 0 Å². The second-order valence-corrected chi connectivity index (χ2v) is 9.47. The Morgan fingerprint density at radius 2 is 2.00 bits per heavy atom. The lowest BCUT2D eigenvalue weighted by molar-refractivity contribution is 0.0531. The molecule has 28 heavy (non-hydrogen) atoms. The van der Waals surface area contributed by atoms with Crippen LogP contribution in [0.3, 0.4) is 0 Å². The molecule has 0 spiro atoms. The Kier molecular flexibility index (Phi) is 5.23. The molecular formula is C15H18N6O5S2. The predicted molar refractivity (Wildman–Crippen MR) is 102 cm³/mol. The maximum absolute atomic E-state index is 12.3. The Labute approximate surface area is 165 Å². The Bertz CT molecular complexity index is 993. The fourth-order valence-electron chi connectivity index (χ4n) is 2.40. The fourth-order valence-corrected chi connectivity index (χ4v) is 4.64. The van der Waals surface area contributed by atoms with Crippen molar-refractivity contribution in [2.45, 2.75) is 17.0 Å². The van der Waals surface area contributed by atoms with Gasteiger partial charge in [-0.2, -0.15) is 0 Å². The van der Waals surface area contributed by atoms with E-state index in [2.05, 4.69) is 20.8 Å². The highest BCUT2D eigenvalue weighted by atomic mass is 32.2. The number of carbonyl (C=O) groups excluding carboxylic acids is 2. The summed E-state index contributed by atoms with van der Waals surface area (Å²) < 4.78 is 30.6. The third-order valence-electron chi connectivity index (χ3n) is 3.86. The summed E-state index contributed by atoms with van der Waals surface area (Å²) >= 11 is 0.704. The molecule has 11 nitrogen and oxygen atoms in total. The average Bonchev–Trinajstić information content (AvgIpc) is 3.20. The first-order chi connectivity index (χ1) is 13.1. The highest BCUT2D eigenvalue weighted by molar-refractivity contribution is 7.91. The van der Waals surface area contributed by atoms with Crippen molar-refractivity contribution in [1.82, 2.24) is 19.8 Å².